The third-order valence-electron chi connectivity index (χ3n) is 8.40. The summed E-state index contributed by atoms with van der Waals surface area (Å²) in [5.74, 6) is -9.12. The lowest BCUT2D eigenvalue weighted by Gasteiger charge is -2.50. The molecule has 17 heteroatoms. The molecule has 0 spiro atoms. The van der Waals surface area contributed by atoms with Crippen LogP contribution in [-0.4, -0.2) is 108 Å². The van der Waals surface area contributed by atoms with Crippen molar-refractivity contribution in [3.8, 4) is 5.75 Å². The molecule has 1 aromatic carbocycles. The summed E-state index contributed by atoms with van der Waals surface area (Å²) in [6.45, 7) is 5.24. The summed E-state index contributed by atoms with van der Waals surface area (Å²) in [6.07, 6.45) is -0.215. The molecule has 0 aliphatic heterocycles. The maximum Gasteiger partial charge on any atom is 0.446 e. The van der Waals surface area contributed by atoms with E-state index in [9.17, 15) is 47.5 Å². The quantitative estimate of drug-likeness (QED) is 0.141. The van der Waals surface area contributed by atoms with Crippen LogP contribution >= 0.6 is 0 Å². The second kappa shape index (κ2) is 11.6. The highest BCUT2D eigenvalue weighted by molar-refractivity contribution is 7.81. The molecule has 3 aliphatic rings. The fraction of sp³-hybridized carbons (Fsp3) is 0.517. The minimum atomic E-state index is -5.27. The number of aliphatic hydroxyl groups is 3. The van der Waals surface area contributed by atoms with E-state index in [1.807, 2.05) is 20.8 Å². The van der Waals surface area contributed by atoms with E-state index in [0.717, 1.165) is 0 Å². The topological polar surface area (TPSA) is 249 Å². The number of rotatable bonds is 8. The summed E-state index contributed by atoms with van der Waals surface area (Å²) in [6, 6.07) is 0.122. The highest BCUT2D eigenvalue weighted by Crippen LogP contribution is 2.55. The van der Waals surface area contributed by atoms with Gasteiger partial charge in [0.2, 0.25) is 11.7 Å². The molecule has 252 valence electrons. The van der Waals surface area contributed by atoms with Crippen molar-refractivity contribution in [3.63, 3.8) is 0 Å². The Morgan fingerprint density at radius 2 is 1.76 bits per heavy atom. The average Bonchev–Trinajstić information content (AvgIpc) is 2.89. The molecule has 0 unspecified atom stereocenters. The number of nitrogens with two attached hydrogens (primary N) is 1. The number of primary amides is 1. The fourth-order valence-corrected chi connectivity index (χ4v) is 6.89. The molecular weight excluding hydrogens is 626 g/mol. The van der Waals surface area contributed by atoms with Crippen LogP contribution in [0.3, 0.4) is 0 Å². The molecular formula is C29H39N5O11S. The summed E-state index contributed by atoms with van der Waals surface area (Å²) in [5.41, 5.74) is 0.608. The van der Waals surface area contributed by atoms with E-state index in [1.165, 1.54) is 25.1 Å². The van der Waals surface area contributed by atoms with Crippen LogP contribution in [-0.2, 0) is 36.0 Å². The van der Waals surface area contributed by atoms with Crippen LogP contribution in [0.2, 0.25) is 0 Å². The van der Waals surface area contributed by atoms with E-state index in [4.69, 9.17) is 9.92 Å². The van der Waals surface area contributed by atoms with E-state index in [2.05, 4.69) is 10.6 Å². The molecule has 3 aliphatic carbocycles. The number of ketones is 2. The number of nitrogens with one attached hydrogen (secondary N) is 2. The Labute approximate surface area is 265 Å². The maximum absolute atomic E-state index is 14.2. The van der Waals surface area contributed by atoms with E-state index in [1.54, 1.807) is 19.0 Å². The monoisotopic (exact) mass is 665 g/mol. The standard InChI is InChI=1S/C29H39N5O11S/c1-28(2,3)31-11-17(35)32-15-10-16(33(4)5)13-8-12-9-14-21(34(6)7)23(37)20(27(30)40)26(39)29(14,41)25(38)18(12)22(36)19(13)24(15)45-46(42,43)44/h10,12,14,21,31,36,39,41H,8-9,11H2,1-7H3,(H2,30,40)(H,32,35)(H,42,43,44)/t12-,14-,21-,29-/m0/s1. The molecule has 1 fully saturated rings. The lowest BCUT2D eigenvalue weighted by molar-refractivity contribution is -0.153. The average molecular weight is 666 g/mol. The summed E-state index contributed by atoms with van der Waals surface area (Å²) in [4.78, 5) is 55.6. The summed E-state index contributed by atoms with van der Waals surface area (Å²) in [5, 5.41) is 40.1. The van der Waals surface area contributed by atoms with Crippen LogP contribution < -0.4 is 25.5 Å². The van der Waals surface area contributed by atoms with Gasteiger partial charge in [-0.3, -0.25) is 28.6 Å². The number of likely N-dealkylation sites (N-methyl/N-ethyl adjacent to an activating group) is 1. The van der Waals surface area contributed by atoms with Gasteiger partial charge in [0.1, 0.15) is 17.1 Å². The number of aliphatic hydroxyl groups excluding tert-OH is 2. The van der Waals surface area contributed by atoms with Gasteiger partial charge in [-0.15, -0.1) is 0 Å². The highest BCUT2D eigenvalue weighted by Gasteiger charge is 2.64. The van der Waals surface area contributed by atoms with Gasteiger partial charge in [-0.05, 0) is 65.3 Å². The first-order valence-corrected chi connectivity index (χ1v) is 15.6. The van der Waals surface area contributed by atoms with Crippen molar-refractivity contribution < 1.29 is 51.7 Å². The number of anilines is 2. The molecule has 8 N–H and O–H groups in total. The normalized spacial score (nSPS) is 24.8. The maximum atomic E-state index is 14.2. The molecule has 2 amide bonds. The van der Waals surface area contributed by atoms with Gasteiger partial charge in [-0.2, -0.15) is 8.42 Å². The minimum Gasteiger partial charge on any atom is -0.508 e. The van der Waals surface area contributed by atoms with E-state index in [0.29, 0.717) is 5.69 Å². The van der Waals surface area contributed by atoms with Gasteiger partial charge < -0.3 is 40.8 Å². The molecule has 0 aromatic heterocycles. The van der Waals surface area contributed by atoms with Crippen molar-refractivity contribution in [2.45, 2.75) is 50.8 Å². The molecule has 0 bridgehead atoms. The van der Waals surface area contributed by atoms with E-state index < -0.39 is 91.2 Å². The zero-order valence-corrected chi connectivity index (χ0v) is 27.3. The van der Waals surface area contributed by atoms with E-state index in [-0.39, 0.29) is 36.2 Å². The van der Waals surface area contributed by atoms with Crippen molar-refractivity contribution in [1.29, 1.82) is 0 Å². The molecule has 16 nitrogen and oxygen atoms in total. The number of hydrogen-bond donors (Lipinski definition) is 7. The Kier molecular flexibility index (Phi) is 8.82. The first-order chi connectivity index (χ1) is 21.0. The highest BCUT2D eigenvalue weighted by atomic mass is 32.3. The second-order valence-electron chi connectivity index (χ2n) is 13.1. The third-order valence-corrected chi connectivity index (χ3v) is 8.78. The van der Waals surface area contributed by atoms with Crippen LogP contribution in [0.15, 0.2) is 23.0 Å². The van der Waals surface area contributed by atoms with E-state index >= 15 is 0 Å². The van der Waals surface area contributed by atoms with Gasteiger partial charge in [0.25, 0.3) is 5.91 Å². The Morgan fingerprint density at radius 1 is 1.15 bits per heavy atom. The number of carbonyl (C=O) groups excluding carboxylic acids is 4. The Morgan fingerprint density at radius 3 is 2.26 bits per heavy atom. The Bertz CT molecular complexity index is 1710. The van der Waals surface area contributed by atoms with Crippen molar-refractivity contribution in [1.82, 2.24) is 10.2 Å². The lowest BCUT2D eigenvalue weighted by Crippen LogP contribution is -2.65. The predicted octanol–water partition coefficient (Wildman–Crippen LogP) is -0.167. The smallest absolute Gasteiger partial charge is 0.446 e. The zero-order valence-electron chi connectivity index (χ0n) is 26.5. The SMILES string of the molecule is CN(C)c1cc(NC(=O)CNC(C)(C)C)c(OS(=O)(=O)O)c2c1C[C@H]1C[C@H]3[C@H](N(C)C)C(=O)C(C(N)=O)=C(O)[C@@]3(O)C(=O)C1=C2O. The third kappa shape index (κ3) is 5.95. The molecule has 0 radical (unpaired) electrons. The van der Waals surface area contributed by atoms with Crippen molar-refractivity contribution in [3.05, 3.63) is 34.1 Å². The molecule has 1 saturated carbocycles. The number of Topliss-reactive ketones (excluding diaryl/α,β-unsaturated/α-hetero) is 2. The van der Waals surface area contributed by atoms with Crippen LogP contribution in [0.4, 0.5) is 11.4 Å². The number of amides is 2. The van der Waals surface area contributed by atoms with Gasteiger partial charge in [-0.1, -0.05) is 0 Å². The summed E-state index contributed by atoms with van der Waals surface area (Å²) < 4.78 is 38.7. The molecule has 0 heterocycles. The first kappa shape index (κ1) is 34.8. The lowest BCUT2D eigenvalue weighted by atomic mass is 9.57. The van der Waals surface area contributed by atoms with Crippen molar-refractivity contribution in [2.75, 3.05) is 45.0 Å². The van der Waals surface area contributed by atoms with Crippen molar-refractivity contribution >= 4 is 50.9 Å². The Hall–Kier alpha value is -4.03. The zero-order chi connectivity index (χ0) is 34.8. The predicted molar refractivity (Wildman–Crippen MR) is 165 cm³/mol. The van der Waals surface area contributed by atoms with Crippen LogP contribution in [0.1, 0.15) is 38.3 Å². The Balaban J connectivity index is 2.00. The number of nitrogens with zero attached hydrogens (tertiary/aromatic N) is 2. The van der Waals surface area contributed by atoms with Crippen LogP contribution in [0.25, 0.3) is 5.76 Å². The summed E-state index contributed by atoms with van der Waals surface area (Å²) in [7, 11) is 0.988. The van der Waals surface area contributed by atoms with Gasteiger partial charge in [-0.25, -0.2) is 0 Å². The van der Waals surface area contributed by atoms with Crippen LogP contribution in [0, 0.1) is 11.8 Å². The first-order valence-electron chi connectivity index (χ1n) is 14.2. The van der Waals surface area contributed by atoms with Gasteiger partial charge in [0.05, 0.1) is 23.8 Å². The molecule has 4 rings (SSSR count). The van der Waals surface area contributed by atoms with Crippen molar-refractivity contribution in [2.24, 2.45) is 17.6 Å². The van der Waals surface area contributed by atoms with Gasteiger partial charge in [0, 0.05) is 36.8 Å². The largest absolute Gasteiger partial charge is 0.508 e. The number of fused-ring (bicyclic) bond motifs is 3. The second-order valence-corrected chi connectivity index (χ2v) is 14.2. The molecule has 1 aromatic rings. The fourth-order valence-electron chi connectivity index (χ4n) is 6.50. The minimum absolute atomic E-state index is 0.0658. The number of carbonyl (C=O) groups is 4. The van der Waals surface area contributed by atoms with Crippen LogP contribution in [0.5, 0.6) is 5.75 Å². The summed E-state index contributed by atoms with van der Waals surface area (Å²) >= 11 is 0. The molecule has 0 saturated heterocycles. The number of hydrogen-bond acceptors (Lipinski definition) is 13. The van der Waals surface area contributed by atoms with Gasteiger partial charge >= 0.3 is 10.4 Å². The molecule has 4 atom stereocenters. The molecule has 46 heavy (non-hydrogen) atoms. The number of benzene rings is 1. The van der Waals surface area contributed by atoms with Gasteiger partial charge in [0.15, 0.2) is 17.1 Å².